The number of hydrogen-bond acceptors (Lipinski definition) is 7. The van der Waals surface area contributed by atoms with E-state index in [-0.39, 0.29) is 0 Å². The fraction of sp³-hybridized carbons (Fsp3) is 0.286. The van der Waals surface area contributed by atoms with Crippen LogP contribution in [0.15, 0.2) is 47.8 Å². The zero-order valence-corrected chi connectivity index (χ0v) is 17.1. The van der Waals surface area contributed by atoms with E-state index < -0.39 is 5.60 Å². The molecule has 0 amide bonds. The van der Waals surface area contributed by atoms with Crippen LogP contribution in [0.3, 0.4) is 0 Å². The summed E-state index contributed by atoms with van der Waals surface area (Å²) in [4.78, 5) is 18.5. The first-order chi connectivity index (χ1) is 13.6. The predicted molar refractivity (Wildman–Crippen MR) is 115 cm³/mol. The molecule has 1 fully saturated rings. The Morgan fingerprint density at radius 2 is 1.79 bits per heavy atom. The molecule has 1 N–H and O–H groups in total. The number of thiophene rings is 1. The first-order valence-corrected chi connectivity index (χ1v) is 11.0. The van der Waals surface area contributed by atoms with Gasteiger partial charge in [-0.15, -0.1) is 11.3 Å². The lowest BCUT2D eigenvalue weighted by Crippen LogP contribution is -2.43. The van der Waals surface area contributed by atoms with Crippen LogP contribution in [0.1, 0.15) is 24.2 Å². The summed E-state index contributed by atoms with van der Waals surface area (Å²) in [6.07, 6.45) is 1.34. The van der Waals surface area contributed by atoms with E-state index in [0.717, 1.165) is 50.5 Å². The zero-order valence-electron chi connectivity index (χ0n) is 15.5. The summed E-state index contributed by atoms with van der Waals surface area (Å²) in [5.74, 6) is 1.64. The minimum Gasteiger partial charge on any atom is -0.385 e. The Kier molecular flexibility index (Phi) is 4.38. The Balaban J connectivity index is 1.47. The Morgan fingerprint density at radius 1 is 1.00 bits per heavy atom. The average Bonchev–Trinajstić information content (AvgIpc) is 3.38. The van der Waals surface area contributed by atoms with Crippen molar-refractivity contribution < 1.29 is 5.11 Å². The maximum atomic E-state index is 11.1. The van der Waals surface area contributed by atoms with E-state index >= 15 is 0 Å². The molecule has 5 rings (SSSR count). The normalized spacial score (nSPS) is 16.6. The van der Waals surface area contributed by atoms with Crippen molar-refractivity contribution in [3.05, 3.63) is 59.2 Å². The van der Waals surface area contributed by atoms with Gasteiger partial charge in [-0.3, -0.25) is 0 Å². The minimum atomic E-state index is -0.775. The molecule has 142 valence electrons. The second-order valence-electron chi connectivity index (χ2n) is 7.13. The first-order valence-electron chi connectivity index (χ1n) is 9.34. The van der Waals surface area contributed by atoms with Gasteiger partial charge in [0, 0.05) is 13.1 Å². The summed E-state index contributed by atoms with van der Waals surface area (Å²) in [5.41, 5.74) is 1.08. The van der Waals surface area contributed by atoms with Crippen LogP contribution >= 0.6 is 22.7 Å². The molecule has 0 unspecified atom stereocenters. The molecule has 1 aliphatic heterocycles. The fourth-order valence-corrected chi connectivity index (χ4v) is 5.54. The second kappa shape index (κ2) is 6.92. The summed E-state index contributed by atoms with van der Waals surface area (Å²) in [5, 5.41) is 14.2. The number of hydrogen-bond donors (Lipinski definition) is 1. The van der Waals surface area contributed by atoms with Crippen molar-refractivity contribution in [2.45, 2.75) is 25.4 Å². The highest BCUT2D eigenvalue weighted by atomic mass is 32.1. The molecular formula is C21H20N4OS2. The molecule has 0 spiro atoms. The summed E-state index contributed by atoms with van der Waals surface area (Å²) < 4.78 is 0. The second-order valence-corrected chi connectivity index (χ2v) is 9.05. The Labute approximate surface area is 171 Å². The third kappa shape index (κ3) is 3.09. The standard InChI is InChI=1S/C21H20N4OS2/c1-14-22-18(17-20(23-14)28-19(24-17)16-8-5-13-27-16)25-11-9-21(26,10-12-25)15-6-3-2-4-7-15/h2-8,13,26H,9-12H2,1H3. The highest BCUT2D eigenvalue weighted by Gasteiger charge is 2.35. The number of aliphatic hydroxyl groups is 1. The molecule has 1 aromatic carbocycles. The molecule has 4 heterocycles. The Morgan fingerprint density at radius 3 is 2.50 bits per heavy atom. The quantitative estimate of drug-likeness (QED) is 0.536. The number of aryl methyl sites for hydroxylation is 1. The monoisotopic (exact) mass is 408 g/mol. The van der Waals surface area contributed by atoms with Crippen LogP contribution in [-0.2, 0) is 5.60 Å². The summed E-state index contributed by atoms with van der Waals surface area (Å²) in [6, 6.07) is 14.1. The SMILES string of the molecule is Cc1nc(N2CCC(O)(c3ccccc3)CC2)c2nc(-c3cccs3)sc2n1. The maximum absolute atomic E-state index is 11.1. The van der Waals surface area contributed by atoms with Gasteiger partial charge in [-0.25, -0.2) is 15.0 Å². The van der Waals surface area contributed by atoms with Crippen LogP contribution in [0.5, 0.6) is 0 Å². The molecule has 0 atom stereocenters. The lowest BCUT2D eigenvalue weighted by molar-refractivity contribution is 0.0117. The third-order valence-corrected chi connectivity index (χ3v) is 7.27. The molecule has 5 nitrogen and oxygen atoms in total. The van der Waals surface area contributed by atoms with Gasteiger partial charge in [0.2, 0.25) is 0 Å². The summed E-state index contributed by atoms with van der Waals surface area (Å²) >= 11 is 3.30. The van der Waals surface area contributed by atoms with E-state index in [1.54, 1.807) is 22.7 Å². The lowest BCUT2D eigenvalue weighted by Gasteiger charge is -2.39. The van der Waals surface area contributed by atoms with Crippen molar-refractivity contribution in [3.63, 3.8) is 0 Å². The molecular weight excluding hydrogens is 388 g/mol. The van der Waals surface area contributed by atoms with Crippen molar-refractivity contribution in [1.82, 2.24) is 15.0 Å². The van der Waals surface area contributed by atoms with Crippen LogP contribution in [0.2, 0.25) is 0 Å². The van der Waals surface area contributed by atoms with E-state index in [1.807, 2.05) is 43.3 Å². The molecule has 7 heteroatoms. The van der Waals surface area contributed by atoms with Gasteiger partial charge in [0.05, 0.1) is 10.5 Å². The number of fused-ring (bicyclic) bond motifs is 1. The number of nitrogens with zero attached hydrogens (tertiary/aromatic N) is 4. The van der Waals surface area contributed by atoms with Crippen LogP contribution in [0, 0.1) is 6.92 Å². The first kappa shape index (κ1) is 17.7. The number of anilines is 1. The molecule has 0 radical (unpaired) electrons. The number of aromatic nitrogens is 3. The molecule has 4 aromatic rings. The largest absolute Gasteiger partial charge is 0.385 e. The van der Waals surface area contributed by atoms with Gasteiger partial charge in [-0.05, 0) is 36.8 Å². The van der Waals surface area contributed by atoms with Gasteiger partial charge in [0.15, 0.2) is 5.82 Å². The Bertz CT molecular complexity index is 1100. The molecule has 0 bridgehead atoms. The van der Waals surface area contributed by atoms with Gasteiger partial charge in [-0.2, -0.15) is 0 Å². The van der Waals surface area contributed by atoms with E-state index in [1.165, 1.54) is 0 Å². The van der Waals surface area contributed by atoms with Gasteiger partial charge in [0.1, 0.15) is 21.2 Å². The predicted octanol–water partition coefficient (Wildman–Crippen LogP) is 4.61. The van der Waals surface area contributed by atoms with E-state index in [2.05, 4.69) is 21.3 Å². The van der Waals surface area contributed by atoms with E-state index in [4.69, 9.17) is 9.97 Å². The van der Waals surface area contributed by atoms with Crippen molar-refractivity contribution in [1.29, 1.82) is 0 Å². The smallest absolute Gasteiger partial charge is 0.159 e. The number of thiazole rings is 1. The topological polar surface area (TPSA) is 62.1 Å². The number of benzene rings is 1. The van der Waals surface area contributed by atoms with Gasteiger partial charge >= 0.3 is 0 Å². The number of piperidine rings is 1. The van der Waals surface area contributed by atoms with Gasteiger partial charge in [0.25, 0.3) is 0 Å². The average molecular weight is 409 g/mol. The third-order valence-electron chi connectivity index (χ3n) is 5.29. The summed E-state index contributed by atoms with van der Waals surface area (Å²) in [7, 11) is 0. The van der Waals surface area contributed by atoms with Crippen molar-refractivity contribution >= 4 is 38.8 Å². The van der Waals surface area contributed by atoms with Crippen LogP contribution in [0.25, 0.3) is 20.2 Å². The van der Waals surface area contributed by atoms with Crippen LogP contribution in [0.4, 0.5) is 5.82 Å². The van der Waals surface area contributed by atoms with Crippen molar-refractivity contribution in [2.24, 2.45) is 0 Å². The van der Waals surface area contributed by atoms with Gasteiger partial charge in [-0.1, -0.05) is 47.7 Å². The Hall–Kier alpha value is -2.35. The fourth-order valence-electron chi connectivity index (χ4n) is 3.76. The molecule has 0 saturated carbocycles. The van der Waals surface area contributed by atoms with E-state index in [9.17, 15) is 5.11 Å². The molecule has 0 aliphatic carbocycles. The lowest BCUT2D eigenvalue weighted by atomic mass is 9.84. The van der Waals surface area contributed by atoms with Crippen LogP contribution < -0.4 is 4.90 Å². The summed E-state index contributed by atoms with van der Waals surface area (Å²) in [6.45, 7) is 3.41. The van der Waals surface area contributed by atoms with Crippen molar-refractivity contribution in [2.75, 3.05) is 18.0 Å². The van der Waals surface area contributed by atoms with E-state index in [0.29, 0.717) is 12.8 Å². The minimum absolute atomic E-state index is 0.670. The van der Waals surface area contributed by atoms with Crippen molar-refractivity contribution in [3.8, 4) is 9.88 Å². The zero-order chi connectivity index (χ0) is 19.1. The number of rotatable bonds is 3. The highest BCUT2D eigenvalue weighted by Crippen LogP contribution is 2.38. The maximum Gasteiger partial charge on any atom is 0.159 e. The molecule has 1 aliphatic rings. The molecule has 1 saturated heterocycles. The van der Waals surface area contributed by atoms with Crippen LogP contribution in [-0.4, -0.2) is 33.1 Å². The molecule has 28 heavy (non-hydrogen) atoms. The highest BCUT2D eigenvalue weighted by molar-refractivity contribution is 7.24. The molecule has 3 aromatic heterocycles. The van der Waals surface area contributed by atoms with Gasteiger partial charge < -0.3 is 10.0 Å².